The highest BCUT2D eigenvalue weighted by Crippen LogP contribution is 2.42. The normalized spacial score (nSPS) is 29.0. The first-order valence-electron chi connectivity index (χ1n) is 9.89. The minimum absolute atomic E-state index is 0.146. The molecule has 0 aliphatic carbocycles. The fraction of sp³-hybridized carbons (Fsp3) is 0.667. The molecule has 142 valence electrons. The van der Waals surface area contributed by atoms with Crippen LogP contribution in [0.5, 0.6) is 5.75 Å². The second-order valence-electron chi connectivity index (χ2n) is 8.21. The lowest BCUT2D eigenvalue weighted by Gasteiger charge is -2.36. The zero-order valence-corrected chi connectivity index (χ0v) is 15.8. The van der Waals surface area contributed by atoms with Gasteiger partial charge in [0.05, 0.1) is 26.7 Å². The molecule has 3 aliphatic heterocycles. The van der Waals surface area contributed by atoms with Crippen molar-refractivity contribution in [3.8, 4) is 5.75 Å². The number of fused-ring (bicyclic) bond motifs is 1. The summed E-state index contributed by atoms with van der Waals surface area (Å²) < 4.78 is 11.0. The van der Waals surface area contributed by atoms with Crippen molar-refractivity contribution in [3.63, 3.8) is 0 Å². The van der Waals surface area contributed by atoms with E-state index in [1.54, 1.807) is 7.11 Å². The molecule has 2 atom stereocenters. The Kier molecular flexibility index (Phi) is 5.18. The zero-order valence-electron chi connectivity index (χ0n) is 15.8. The molecule has 3 heterocycles. The van der Waals surface area contributed by atoms with Crippen LogP contribution in [0.15, 0.2) is 24.3 Å². The topological polar surface area (TPSA) is 42.0 Å². The summed E-state index contributed by atoms with van der Waals surface area (Å²) in [6, 6.07) is 7.82. The standard InChI is InChI=1S/C21H30N2O3/c1-25-19-7-5-17(6-8-19)11-20(24)23-12-18-13-26-16-21(18,15-23)14-22-9-3-2-4-10-22/h5-8,18H,2-4,9-16H2,1H3/t18-,21+/m1/s1. The third-order valence-corrected chi connectivity index (χ3v) is 6.38. The molecule has 0 aromatic heterocycles. The molecule has 26 heavy (non-hydrogen) atoms. The number of carbonyl (C=O) groups excluding carboxylic acids is 1. The van der Waals surface area contributed by atoms with Crippen LogP contribution in [0.2, 0.25) is 0 Å². The maximum absolute atomic E-state index is 12.9. The molecule has 0 bridgehead atoms. The van der Waals surface area contributed by atoms with Crippen LogP contribution in [0.1, 0.15) is 24.8 Å². The average molecular weight is 358 g/mol. The smallest absolute Gasteiger partial charge is 0.227 e. The van der Waals surface area contributed by atoms with Crippen LogP contribution in [-0.4, -0.2) is 68.8 Å². The van der Waals surface area contributed by atoms with Gasteiger partial charge >= 0.3 is 0 Å². The number of rotatable bonds is 5. The van der Waals surface area contributed by atoms with Crippen molar-refractivity contribution in [1.29, 1.82) is 0 Å². The van der Waals surface area contributed by atoms with Gasteiger partial charge in [0.25, 0.3) is 0 Å². The molecule has 3 aliphatic rings. The molecule has 0 radical (unpaired) electrons. The van der Waals surface area contributed by atoms with Gasteiger partial charge in [-0.25, -0.2) is 0 Å². The van der Waals surface area contributed by atoms with Gasteiger partial charge in [0.15, 0.2) is 0 Å². The minimum atomic E-state index is 0.146. The van der Waals surface area contributed by atoms with E-state index in [1.165, 1.54) is 32.4 Å². The number of methoxy groups -OCH3 is 1. The predicted molar refractivity (Wildman–Crippen MR) is 100 cm³/mol. The molecular formula is C21H30N2O3. The van der Waals surface area contributed by atoms with E-state index < -0.39 is 0 Å². The largest absolute Gasteiger partial charge is 0.497 e. The summed E-state index contributed by atoms with van der Waals surface area (Å²) in [6.07, 6.45) is 4.44. The van der Waals surface area contributed by atoms with Gasteiger partial charge in [0.1, 0.15) is 5.75 Å². The van der Waals surface area contributed by atoms with Crippen molar-refractivity contribution in [1.82, 2.24) is 9.80 Å². The number of benzene rings is 1. The summed E-state index contributed by atoms with van der Waals surface area (Å²) in [5.74, 6) is 1.56. The minimum Gasteiger partial charge on any atom is -0.497 e. The molecule has 0 N–H and O–H groups in total. The van der Waals surface area contributed by atoms with Crippen LogP contribution in [0, 0.1) is 11.3 Å². The maximum Gasteiger partial charge on any atom is 0.227 e. The Morgan fingerprint density at radius 2 is 2.00 bits per heavy atom. The lowest BCUT2D eigenvalue weighted by atomic mass is 9.80. The molecule has 3 fully saturated rings. The van der Waals surface area contributed by atoms with Crippen molar-refractivity contribution in [2.75, 3.05) is 53.0 Å². The quantitative estimate of drug-likeness (QED) is 0.809. The molecular weight excluding hydrogens is 328 g/mol. The highest BCUT2D eigenvalue weighted by molar-refractivity contribution is 5.79. The van der Waals surface area contributed by atoms with Crippen LogP contribution in [0.25, 0.3) is 0 Å². The fourth-order valence-corrected chi connectivity index (χ4v) is 4.84. The molecule has 4 rings (SSSR count). The van der Waals surface area contributed by atoms with Gasteiger partial charge < -0.3 is 19.3 Å². The Hall–Kier alpha value is -1.59. The number of likely N-dealkylation sites (tertiary alicyclic amines) is 2. The average Bonchev–Trinajstić information content (AvgIpc) is 3.20. The molecule has 3 saturated heterocycles. The summed E-state index contributed by atoms with van der Waals surface area (Å²) in [5.41, 5.74) is 1.20. The van der Waals surface area contributed by atoms with E-state index in [1.807, 2.05) is 24.3 Å². The van der Waals surface area contributed by atoms with Gasteiger partial charge in [-0.2, -0.15) is 0 Å². The second kappa shape index (κ2) is 7.57. The molecule has 1 amide bonds. The molecule has 5 nitrogen and oxygen atoms in total. The third kappa shape index (κ3) is 3.60. The lowest BCUT2D eigenvalue weighted by molar-refractivity contribution is -0.130. The Morgan fingerprint density at radius 3 is 2.73 bits per heavy atom. The molecule has 0 saturated carbocycles. The van der Waals surface area contributed by atoms with E-state index in [9.17, 15) is 4.79 Å². The predicted octanol–water partition coefficient (Wildman–Crippen LogP) is 2.20. The van der Waals surface area contributed by atoms with Crippen molar-refractivity contribution in [3.05, 3.63) is 29.8 Å². The van der Waals surface area contributed by atoms with Crippen LogP contribution < -0.4 is 4.74 Å². The van der Waals surface area contributed by atoms with E-state index in [2.05, 4.69) is 9.80 Å². The van der Waals surface area contributed by atoms with Crippen LogP contribution >= 0.6 is 0 Å². The first kappa shape index (κ1) is 17.8. The highest BCUT2D eigenvalue weighted by Gasteiger charge is 2.52. The monoisotopic (exact) mass is 358 g/mol. The summed E-state index contributed by atoms with van der Waals surface area (Å²) in [6.45, 7) is 6.80. The number of amides is 1. The van der Waals surface area contributed by atoms with Crippen LogP contribution in [0.3, 0.4) is 0 Å². The van der Waals surface area contributed by atoms with Gasteiger partial charge in [0, 0.05) is 31.0 Å². The SMILES string of the molecule is COc1ccc(CC(=O)N2C[C@@H]3COC[C@]3(CN3CCCCC3)C2)cc1. The lowest BCUT2D eigenvalue weighted by Crippen LogP contribution is -2.45. The van der Waals surface area contributed by atoms with E-state index in [0.717, 1.165) is 44.2 Å². The Labute approximate surface area is 156 Å². The number of nitrogens with zero attached hydrogens (tertiary/aromatic N) is 2. The van der Waals surface area contributed by atoms with Crippen molar-refractivity contribution < 1.29 is 14.3 Å². The Morgan fingerprint density at radius 1 is 1.23 bits per heavy atom. The van der Waals surface area contributed by atoms with E-state index >= 15 is 0 Å². The summed E-state index contributed by atoms with van der Waals surface area (Å²) in [7, 11) is 1.66. The van der Waals surface area contributed by atoms with Gasteiger partial charge in [-0.05, 0) is 43.6 Å². The van der Waals surface area contributed by atoms with Crippen LogP contribution in [-0.2, 0) is 16.0 Å². The van der Waals surface area contributed by atoms with Crippen molar-refractivity contribution in [2.24, 2.45) is 11.3 Å². The van der Waals surface area contributed by atoms with E-state index in [-0.39, 0.29) is 11.3 Å². The molecule has 1 aromatic carbocycles. The van der Waals surface area contributed by atoms with Crippen molar-refractivity contribution >= 4 is 5.91 Å². The highest BCUT2D eigenvalue weighted by atomic mass is 16.5. The number of carbonyl (C=O) groups is 1. The zero-order chi connectivity index (χ0) is 18.0. The van der Waals surface area contributed by atoms with Gasteiger partial charge in [-0.3, -0.25) is 4.79 Å². The van der Waals surface area contributed by atoms with Gasteiger partial charge in [0.2, 0.25) is 5.91 Å². The Balaban J connectivity index is 1.39. The van der Waals surface area contributed by atoms with Gasteiger partial charge in [-0.15, -0.1) is 0 Å². The molecule has 0 unspecified atom stereocenters. The second-order valence-corrected chi connectivity index (χ2v) is 8.21. The van der Waals surface area contributed by atoms with Crippen molar-refractivity contribution in [2.45, 2.75) is 25.7 Å². The summed E-state index contributed by atoms with van der Waals surface area (Å²) >= 11 is 0. The molecule has 5 heteroatoms. The summed E-state index contributed by atoms with van der Waals surface area (Å²) in [4.78, 5) is 17.6. The number of hydrogen-bond donors (Lipinski definition) is 0. The number of ether oxygens (including phenoxy) is 2. The fourth-order valence-electron chi connectivity index (χ4n) is 4.84. The number of hydrogen-bond acceptors (Lipinski definition) is 4. The summed E-state index contributed by atoms with van der Waals surface area (Å²) in [5, 5.41) is 0. The van der Waals surface area contributed by atoms with E-state index in [0.29, 0.717) is 12.3 Å². The first-order chi connectivity index (χ1) is 12.7. The molecule has 0 spiro atoms. The third-order valence-electron chi connectivity index (χ3n) is 6.38. The molecule has 1 aromatic rings. The van der Waals surface area contributed by atoms with Gasteiger partial charge in [-0.1, -0.05) is 18.6 Å². The van der Waals surface area contributed by atoms with Crippen LogP contribution in [0.4, 0.5) is 0 Å². The number of piperidine rings is 1. The maximum atomic E-state index is 12.9. The van der Waals surface area contributed by atoms with E-state index in [4.69, 9.17) is 9.47 Å². The Bertz CT molecular complexity index is 627. The first-order valence-corrected chi connectivity index (χ1v) is 9.89.